The average molecular weight is 376 g/mol. The Morgan fingerprint density at radius 2 is 1.39 bits per heavy atom. The number of amides is 2. The number of benzene rings is 2. The maximum Gasteiger partial charge on any atom is 0.282 e. The van der Waals surface area contributed by atoms with Crippen molar-refractivity contribution in [3.63, 3.8) is 0 Å². The second-order valence-corrected chi connectivity index (χ2v) is 7.48. The van der Waals surface area contributed by atoms with Crippen LogP contribution in [0.15, 0.2) is 48.2 Å². The molecular formula is C23H24N2O3. The van der Waals surface area contributed by atoms with Gasteiger partial charge in [0.25, 0.3) is 11.8 Å². The number of anilines is 1. The van der Waals surface area contributed by atoms with Crippen molar-refractivity contribution < 1.29 is 14.3 Å². The lowest BCUT2D eigenvalue weighted by atomic mass is 10.0. The van der Waals surface area contributed by atoms with E-state index in [1.165, 1.54) is 4.90 Å². The molecule has 0 saturated carbocycles. The van der Waals surface area contributed by atoms with Crippen LogP contribution in [-0.2, 0) is 14.3 Å². The lowest BCUT2D eigenvalue weighted by Crippen LogP contribution is -2.40. The van der Waals surface area contributed by atoms with Crippen LogP contribution in [0.25, 0.3) is 5.57 Å². The minimum Gasteiger partial charge on any atom is -0.378 e. The molecule has 2 aliphatic rings. The fourth-order valence-corrected chi connectivity index (χ4v) is 3.89. The van der Waals surface area contributed by atoms with Crippen molar-refractivity contribution in [2.24, 2.45) is 0 Å². The molecule has 2 aromatic rings. The van der Waals surface area contributed by atoms with Crippen LogP contribution < -0.4 is 4.90 Å². The minimum atomic E-state index is -0.264. The molecule has 144 valence electrons. The zero-order valence-electron chi connectivity index (χ0n) is 16.5. The van der Waals surface area contributed by atoms with E-state index in [0.717, 1.165) is 22.3 Å². The highest BCUT2D eigenvalue weighted by Gasteiger charge is 2.42. The van der Waals surface area contributed by atoms with Crippen LogP contribution in [0.1, 0.15) is 22.3 Å². The molecule has 0 atom stereocenters. The second kappa shape index (κ2) is 7.24. The van der Waals surface area contributed by atoms with E-state index >= 15 is 0 Å². The summed E-state index contributed by atoms with van der Waals surface area (Å²) in [4.78, 5) is 30.2. The minimum absolute atomic E-state index is 0.257. The van der Waals surface area contributed by atoms with Crippen molar-refractivity contribution >= 4 is 23.1 Å². The highest BCUT2D eigenvalue weighted by atomic mass is 16.5. The van der Waals surface area contributed by atoms with Gasteiger partial charge in [-0.25, -0.2) is 4.90 Å². The Morgan fingerprint density at radius 1 is 0.786 bits per heavy atom. The molecule has 2 amide bonds. The van der Waals surface area contributed by atoms with Gasteiger partial charge < -0.3 is 9.64 Å². The summed E-state index contributed by atoms with van der Waals surface area (Å²) < 4.78 is 5.45. The van der Waals surface area contributed by atoms with Crippen LogP contribution in [-0.4, -0.2) is 43.0 Å². The molecule has 2 aliphatic heterocycles. The molecule has 4 rings (SSSR count). The molecule has 0 aromatic heterocycles. The number of nitrogens with zero attached hydrogens (tertiary/aromatic N) is 2. The molecule has 0 spiro atoms. The Labute approximate surface area is 165 Å². The number of hydrogen-bond acceptors (Lipinski definition) is 4. The average Bonchev–Trinajstić information content (AvgIpc) is 2.93. The lowest BCUT2D eigenvalue weighted by molar-refractivity contribution is -0.121. The molecule has 0 bridgehead atoms. The second-order valence-electron chi connectivity index (χ2n) is 7.48. The largest absolute Gasteiger partial charge is 0.378 e. The monoisotopic (exact) mass is 376 g/mol. The van der Waals surface area contributed by atoms with E-state index in [1.54, 1.807) is 0 Å². The van der Waals surface area contributed by atoms with Crippen molar-refractivity contribution in [2.75, 3.05) is 31.2 Å². The maximum absolute atomic E-state index is 13.5. The number of imide groups is 1. The van der Waals surface area contributed by atoms with Gasteiger partial charge in [-0.05, 0) is 49.6 Å². The Bertz CT molecular complexity index is 950. The van der Waals surface area contributed by atoms with E-state index in [-0.39, 0.29) is 11.8 Å². The highest BCUT2D eigenvalue weighted by molar-refractivity contribution is 6.45. The van der Waals surface area contributed by atoms with Gasteiger partial charge in [0.1, 0.15) is 5.70 Å². The zero-order valence-corrected chi connectivity index (χ0v) is 16.5. The van der Waals surface area contributed by atoms with E-state index in [1.807, 2.05) is 68.1 Å². The summed E-state index contributed by atoms with van der Waals surface area (Å²) in [5.41, 5.74) is 5.51. The van der Waals surface area contributed by atoms with E-state index in [0.29, 0.717) is 43.3 Å². The summed E-state index contributed by atoms with van der Waals surface area (Å²) >= 11 is 0. The first-order chi connectivity index (χ1) is 13.5. The van der Waals surface area contributed by atoms with Gasteiger partial charge in [-0.15, -0.1) is 0 Å². The molecule has 2 aromatic carbocycles. The quantitative estimate of drug-likeness (QED) is 0.772. The summed E-state index contributed by atoms with van der Waals surface area (Å²) in [6, 6.07) is 13.6. The zero-order chi connectivity index (χ0) is 19.8. The molecule has 1 saturated heterocycles. The topological polar surface area (TPSA) is 49.9 Å². The standard InChI is InChI=1S/C23H24N2O3/c1-15-4-6-18(7-5-15)20-21(24-8-10-28-11-9-24)23(27)25(22(20)26)19-13-16(2)12-17(3)14-19/h4-7,12-14H,8-11H2,1-3H3. The SMILES string of the molecule is Cc1ccc(C2=C(N3CCOCC3)C(=O)N(c3cc(C)cc(C)c3)C2=O)cc1. The molecule has 0 unspecified atom stereocenters. The van der Waals surface area contributed by atoms with Gasteiger partial charge in [-0.1, -0.05) is 35.9 Å². The summed E-state index contributed by atoms with van der Waals surface area (Å²) in [5, 5.41) is 0. The lowest BCUT2D eigenvalue weighted by Gasteiger charge is -2.29. The van der Waals surface area contributed by atoms with Gasteiger partial charge in [0.15, 0.2) is 0 Å². The van der Waals surface area contributed by atoms with Crippen LogP contribution in [0.4, 0.5) is 5.69 Å². The summed E-state index contributed by atoms with van der Waals surface area (Å²) in [5.74, 6) is -0.521. The number of rotatable bonds is 3. The van der Waals surface area contributed by atoms with Crippen LogP contribution >= 0.6 is 0 Å². The van der Waals surface area contributed by atoms with Gasteiger partial charge in [0.2, 0.25) is 0 Å². The molecule has 0 radical (unpaired) electrons. The van der Waals surface area contributed by atoms with Crippen LogP contribution in [0, 0.1) is 20.8 Å². The first-order valence-corrected chi connectivity index (χ1v) is 9.57. The van der Waals surface area contributed by atoms with E-state index in [9.17, 15) is 9.59 Å². The van der Waals surface area contributed by atoms with Gasteiger partial charge in [0, 0.05) is 13.1 Å². The molecule has 2 heterocycles. The fourth-order valence-electron chi connectivity index (χ4n) is 3.89. The van der Waals surface area contributed by atoms with Crippen LogP contribution in [0.3, 0.4) is 0 Å². The Balaban J connectivity index is 1.84. The molecule has 5 nitrogen and oxygen atoms in total. The summed E-state index contributed by atoms with van der Waals surface area (Å²) in [6.07, 6.45) is 0. The van der Waals surface area contributed by atoms with E-state index < -0.39 is 0 Å². The van der Waals surface area contributed by atoms with Gasteiger partial charge in [0.05, 0.1) is 24.5 Å². The van der Waals surface area contributed by atoms with Gasteiger partial charge in [-0.2, -0.15) is 0 Å². The number of morpholine rings is 1. The van der Waals surface area contributed by atoms with E-state index in [4.69, 9.17) is 4.74 Å². The summed E-state index contributed by atoms with van der Waals surface area (Å²) in [6.45, 7) is 8.25. The summed E-state index contributed by atoms with van der Waals surface area (Å²) in [7, 11) is 0. The Morgan fingerprint density at radius 3 is 2.00 bits per heavy atom. The molecule has 1 fully saturated rings. The third-order valence-electron chi connectivity index (χ3n) is 5.19. The Hall–Kier alpha value is -2.92. The molecule has 5 heteroatoms. The molecular weight excluding hydrogens is 352 g/mol. The first kappa shape index (κ1) is 18.4. The Kier molecular flexibility index (Phi) is 4.77. The molecule has 0 N–H and O–H groups in total. The fraction of sp³-hybridized carbons (Fsp3) is 0.304. The van der Waals surface area contributed by atoms with Gasteiger partial charge in [-0.3, -0.25) is 9.59 Å². The van der Waals surface area contributed by atoms with Gasteiger partial charge >= 0.3 is 0 Å². The van der Waals surface area contributed by atoms with Crippen molar-refractivity contribution in [3.8, 4) is 0 Å². The number of hydrogen-bond donors (Lipinski definition) is 0. The maximum atomic E-state index is 13.5. The molecule has 0 aliphatic carbocycles. The smallest absolute Gasteiger partial charge is 0.282 e. The highest BCUT2D eigenvalue weighted by Crippen LogP contribution is 2.35. The first-order valence-electron chi connectivity index (χ1n) is 9.57. The molecule has 28 heavy (non-hydrogen) atoms. The number of ether oxygens (including phenoxy) is 1. The predicted molar refractivity (Wildman–Crippen MR) is 109 cm³/mol. The van der Waals surface area contributed by atoms with E-state index in [2.05, 4.69) is 0 Å². The van der Waals surface area contributed by atoms with Crippen molar-refractivity contribution in [1.82, 2.24) is 4.90 Å². The number of carbonyl (C=O) groups excluding carboxylic acids is 2. The third kappa shape index (κ3) is 3.22. The van der Waals surface area contributed by atoms with Crippen molar-refractivity contribution in [1.29, 1.82) is 0 Å². The number of aryl methyl sites for hydroxylation is 3. The van der Waals surface area contributed by atoms with Crippen molar-refractivity contribution in [3.05, 3.63) is 70.4 Å². The normalized spacial score (nSPS) is 17.7. The third-order valence-corrected chi connectivity index (χ3v) is 5.19. The van der Waals surface area contributed by atoms with Crippen LogP contribution in [0.5, 0.6) is 0 Å². The van der Waals surface area contributed by atoms with Crippen molar-refractivity contribution in [2.45, 2.75) is 20.8 Å². The number of carbonyl (C=O) groups is 2. The van der Waals surface area contributed by atoms with Crippen LogP contribution in [0.2, 0.25) is 0 Å². The predicted octanol–water partition coefficient (Wildman–Crippen LogP) is 3.23.